The molecule has 144 valence electrons. The normalized spacial score (nSPS) is 10.7. The fourth-order valence-corrected chi connectivity index (χ4v) is 2.68. The molecule has 1 N–H and O–H groups in total. The Labute approximate surface area is 159 Å². The molecule has 2 rings (SSSR count). The van der Waals surface area contributed by atoms with Crippen LogP contribution in [0.25, 0.3) is 0 Å². The third-order valence-electron chi connectivity index (χ3n) is 4.23. The summed E-state index contributed by atoms with van der Waals surface area (Å²) in [6, 6.07) is 11.8. The van der Waals surface area contributed by atoms with E-state index in [4.69, 9.17) is 4.74 Å². The van der Waals surface area contributed by atoms with Gasteiger partial charge in [-0.15, -0.1) is 0 Å². The van der Waals surface area contributed by atoms with Gasteiger partial charge in [0.05, 0.1) is 11.5 Å². The summed E-state index contributed by atoms with van der Waals surface area (Å²) in [5.74, 6) is -0.252. The molecular weight excluding hydrogens is 346 g/mol. The van der Waals surface area contributed by atoms with Gasteiger partial charge in [0.2, 0.25) is 0 Å². The summed E-state index contributed by atoms with van der Waals surface area (Å²) in [6.45, 7) is 9.10. The first-order chi connectivity index (χ1) is 13.0. The van der Waals surface area contributed by atoms with E-state index in [1.165, 1.54) is 18.2 Å². The van der Waals surface area contributed by atoms with Crippen LogP contribution < -0.4 is 10.1 Å². The van der Waals surface area contributed by atoms with Crippen LogP contribution in [0, 0.1) is 10.1 Å². The molecule has 0 aromatic heterocycles. The van der Waals surface area contributed by atoms with E-state index in [1.54, 1.807) is 6.92 Å². The van der Waals surface area contributed by atoms with Crippen molar-refractivity contribution < 1.29 is 14.5 Å². The van der Waals surface area contributed by atoms with Crippen molar-refractivity contribution in [1.29, 1.82) is 0 Å². The van der Waals surface area contributed by atoms with Gasteiger partial charge in [-0.25, -0.2) is 0 Å². The van der Waals surface area contributed by atoms with Crippen LogP contribution in [0.5, 0.6) is 5.75 Å². The maximum atomic E-state index is 12.4. The first-order valence-electron chi connectivity index (χ1n) is 9.02. The third kappa shape index (κ3) is 5.52. The highest BCUT2D eigenvalue weighted by atomic mass is 16.6. The van der Waals surface area contributed by atoms with E-state index in [-0.39, 0.29) is 17.0 Å². The van der Waals surface area contributed by atoms with Crippen LogP contribution in [0.1, 0.15) is 36.7 Å². The molecule has 2 aromatic rings. The van der Waals surface area contributed by atoms with Crippen molar-refractivity contribution in [3.63, 3.8) is 0 Å². The number of rotatable bonds is 9. The first kappa shape index (κ1) is 20.4. The van der Waals surface area contributed by atoms with E-state index in [9.17, 15) is 14.9 Å². The molecule has 0 bridgehead atoms. The Balaban J connectivity index is 2.10. The van der Waals surface area contributed by atoms with E-state index in [2.05, 4.69) is 24.1 Å². The predicted molar refractivity (Wildman–Crippen MR) is 105 cm³/mol. The van der Waals surface area contributed by atoms with Crippen molar-refractivity contribution >= 4 is 17.3 Å². The van der Waals surface area contributed by atoms with Crippen molar-refractivity contribution in [2.24, 2.45) is 0 Å². The molecule has 0 spiro atoms. The van der Waals surface area contributed by atoms with E-state index in [0.717, 1.165) is 25.2 Å². The van der Waals surface area contributed by atoms with Gasteiger partial charge in [0, 0.05) is 23.9 Å². The standard InChI is InChI=1S/C20H25N3O4/c1-4-22(5-2)14-15-7-10-17(11-8-15)21-20(24)16-9-12-19(27-6-3)18(13-16)23(25)26/h7-13H,4-6,14H2,1-3H3,(H,21,24). The number of amides is 1. The number of anilines is 1. The summed E-state index contributed by atoms with van der Waals surface area (Å²) in [5, 5.41) is 14.0. The summed E-state index contributed by atoms with van der Waals surface area (Å²) in [6.07, 6.45) is 0. The van der Waals surface area contributed by atoms with Gasteiger partial charge in [0.1, 0.15) is 0 Å². The lowest BCUT2D eigenvalue weighted by Crippen LogP contribution is -2.22. The Hall–Kier alpha value is -2.93. The number of nitrogens with zero attached hydrogens (tertiary/aromatic N) is 2. The minimum atomic E-state index is -0.552. The molecule has 0 saturated carbocycles. The van der Waals surface area contributed by atoms with Crippen LogP contribution in [0.15, 0.2) is 42.5 Å². The van der Waals surface area contributed by atoms with Crippen molar-refractivity contribution in [2.75, 3.05) is 25.0 Å². The molecule has 0 radical (unpaired) electrons. The minimum absolute atomic E-state index is 0.153. The summed E-state index contributed by atoms with van der Waals surface area (Å²) in [4.78, 5) is 25.4. The average molecular weight is 371 g/mol. The van der Waals surface area contributed by atoms with Gasteiger partial charge in [0.15, 0.2) is 5.75 Å². The molecule has 2 aromatic carbocycles. The molecule has 0 atom stereocenters. The lowest BCUT2D eigenvalue weighted by Gasteiger charge is -2.18. The molecule has 7 heteroatoms. The van der Waals surface area contributed by atoms with E-state index in [1.807, 2.05) is 24.3 Å². The summed E-state index contributed by atoms with van der Waals surface area (Å²) >= 11 is 0. The quantitative estimate of drug-likeness (QED) is 0.530. The second kappa shape index (κ2) is 9.68. The number of nitro benzene ring substituents is 1. The average Bonchev–Trinajstić information content (AvgIpc) is 2.67. The van der Waals surface area contributed by atoms with Crippen LogP contribution in [0.2, 0.25) is 0 Å². The molecule has 1 amide bonds. The van der Waals surface area contributed by atoms with Crippen LogP contribution in [-0.4, -0.2) is 35.4 Å². The molecular formula is C20H25N3O4. The maximum absolute atomic E-state index is 12.4. The number of hydrogen-bond acceptors (Lipinski definition) is 5. The van der Waals surface area contributed by atoms with Gasteiger partial charge in [-0.05, 0) is 49.8 Å². The van der Waals surface area contributed by atoms with Crippen molar-refractivity contribution in [3.05, 3.63) is 63.7 Å². The van der Waals surface area contributed by atoms with Crippen LogP contribution in [0.3, 0.4) is 0 Å². The van der Waals surface area contributed by atoms with Gasteiger partial charge < -0.3 is 10.1 Å². The van der Waals surface area contributed by atoms with Crippen LogP contribution >= 0.6 is 0 Å². The number of ether oxygens (including phenoxy) is 1. The zero-order valence-electron chi connectivity index (χ0n) is 15.9. The largest absolute Gasteiger partial charge is 0.487 e. The fourth-order valence-electron chi connectivity index (χ4n) is 2.68. The first-order valence-corrected chi connectivity index (χ1v) is 9.02. The van der Waals surface area contributed by atoms with Gasteiger partial charge in [-0.3, -0.25) is 19.8 Å². The number of carbonyl (C=O) groups excluding carboxylic acids is 1. The fraction of sp³-hybridized carbons (Fsp3) is 0.350. The molecule has 0 fully saturated rings. The second-order valence-electron chi connectivity index (χ2n) is 5.99. The number of nitro groups is 1. The van der Waals surface area contributed by atoms with Crippen LogP contribution in [-0.2, 0) is 6.54 Å². The zero-order valence-corrected chi connectivity index (χ0v) is 15.9. The Morgan fingerprint density at radius 1 is 1.11 bits per heavy atom. The topological polar surface area (TPSA) is 84.7 Å². The number of hydrogen-bond donors (Lipinski definition) is 1. The summed E-state index contributed by atoms with van der Waals surface area (Å²) in [7, 11) is 0. The molecule has 7 nitrogen and oxygen atoms in total. The predicted octanol–water partition coefficient (Wildman–Crippen LogP) is 4.09. The molecule has 0 unspecified atom stereocenters. The summed E-state index contributed by atoms with van der Waals surface area (Å²) in [5.41, 5.74) is 1.78. The Bertz CT molecular complexity index is 786. The van der Waals surface area contributed by atoms with Crippen molar-refractivity contribution in [2.45, 2.75) is 27.3 Å². The molecule has 0 aliphatic carbocycles. The van der Waals surface area contributed by atoms with E-state index in [0.29, 0.717) is 12.3 Å². The summed E-state index contributed by atoms with van der Waals surface area (Å²) < 4.78 is 5.24. The van der Waals surface area contributed by atoms with Gasteiger partial charge in [-0.1, -0.05) is 26.0 Å². The van der Waals surface area contributed by atoms with Crippen molar-refractivity contribution in [3.8, 4) is 5.75 Å². The van der Waals surface area contributed by atoms with E-state index >= 15 is 0 Å². The SMILES string of the molecule is CCOc1ccc(C(=O)Nc2ccc(CN(CC)CC)cc2)cc1[N+](=O)[O-]. The highest BCUT2D eigenvalue weighted by Crippen LogP contribution is 2.28. The zero-order chi connectivity index (χ0) is 19.8. The van der Waals surface area contributed by atoms with Gasteiger partial charge in [-0.2, -0.15) is 0 Å². The monoisotopic (exact) mass is 371 g/mol. The molecule has 27 heavy (non-hydrogen) atoms. The smallest absolute Gasteiger partial charge is 0.311 e. The minimum Gasteiger partial charge on any atom is -0.487 e. The molecule has 0 aliphatic rings. The van der Waals surface area contributed by atoms with Gasteiger partial charge in [0.25, 0.3) is 5.91 Å². The Morgan fingerprint density at radius 3 is 2.33 bits per heavy atom. The number of benzene rings is 2. The number of carbonyl (C=O) groups is 1. The Morgan fingerprint density at radius 2 is 1.78 bits per heavy atom. The lowest BCUT2D eigenvalue weighted by molar-refractivity contribution is -0.385. The third-order valence-corrected chi connectivity index (χ3v) is 4.23. The number of nitrogens with one attached hydrogen (secondary N) is 1. The maximum Gasteiger partial charge on any atom is 0.311 e. The molecule has 0 saturated heterocycles. The molecule has 0 aliphatic heterocycles. The second-order valence-corrected chi connectivity index (χ2v) is 5.99. The highest BCUT2D eigenvalue weighted by Gasteiger charge is 2.18. The van der Waals surface area contributed by atoms with Gasteiger partial charge >= 0.3 is 5.69 Å². The highest BCUT2D eigenvalue weighted by molar-refractivity contribution is 6.04. The molecule has 0 heterocycles. The van der Waals surface area contributed by atoms with Crippen molar-refractivity contribution in [1.82, 2.24) is 4.90 Å². The lowest BCUT2D eigenvalue weighted by atomic mass is 10.1. The van der Waals surface area contributed by atoms with Crippen LogP contribution in [0.4, 0.5) is 11.4 Å². The Kier molecular flexibility index (Phi) is 7.31. The van der Waals surface area contributed by atoms with E-state index < -0.39 is 10.8 Å².